The van der Waals surface area contributed by atoms with E-state index in [9.17, 15) is 4.79 Å². The molecule has 0 unspecified atom stereocenters. The van der Waals surface area contributed by atoms with E-state index in [0.717, 1.165) is 54.4 Å². The number of thiazole rings is 1. The third kappa shape index (κ3) is 5.74. The van der Waals surface area contributed by atoms with E-state index in [4.69, 9.17) is 21.1 Å². The van der Waals surface area contributed by atoms with E-state index in [1.165, 1.54) is 11.3 Å². The minimum Gasteiger partial charge on any atom is -0.492 e. The average Bonchev–Trinajstić information content (AvgIpc) is 3.46. The molecule has 0 radical (unpaired) electrons. The number of rotatable bonds is 8. The monoisotopic (exact) mass is 497 g/mol. The molecule has 1 N–H and O–H groups in total. The Kier molecular flexibility index (Phi) is 7.05. The van der Waals surface area contributed by atoms with Crippen LogP contribution in [-0.2, 0) is 11.3 Å². The fourth-order valence-corrected chi connectivity index (χ4v) is 4.82. The molecule has 0 aliphatic carbocycles. The summed E-state index contributed by atoms with van der Waals surface area (Å²) in [5.74, 6) is 0.493. The van der Waals surface area contributed by atoms with Crippen molar-refractivity contribution in [1.82, 2.24) is 19.7 Å². The van der Waals surface area contributed by atoms with Crippen LogP contribution in [0.15, 0.2) is 54.7 Å². The van der Waals surface area contributed by atoms with Crippen molar-refractivity contribution in [3.8, 4) is 5.75 Å². The molecule has 0 atom stereocenters. The van der Waals surface area contributed by atoms with E-state index in [1.807, 2.05) is 42.5 Å². The highest BCUT2D eigenvalue weighted by Crippen LogP contribution is 2.29. The second-order valence-corrected chi connectivity index (χ2v) is 9.40. The lowest BCUT2D eigenvalue weighted by Gasteiger charge is -2.26. The SMILES string of the molecule is O=C(Nc1nc2ccc(OCCN3CCOCC3)cc2s1)c1ccn(Cc2cccc(Cl)c2)n1. The van der Waals surface area contributed by atoms with Gasteiger partial charge in [0.25, 0.3) is 5.91 Å². The summed E-state index contributed by atoms with van der Waals surface area (Å²) in [7, 11) is 0. The van der Waals surface area contributed by atoms with Gasteiger partial charge in [-0.2, -0.15) is 5.10 Å². The Balaban J connectivity index is 1.18. The first-order valence-corrected chi connectivity index (χ1v) is 12.2. The lowest BCUT2D eigenvalue weighted by atomic mass is 10.2. The molecule has 1 fully saturated rings. The number of amides is 1. The first kappa shape index (κ1) is 22.8. The largest absolute Gasteiger partial charge is 0.492 e. The fourth-order valence-electron chi connectivity index (χ4n) is 3.72. The van der Waals surface area contributed by atoms with Crippen molar-refractivity contribution in [2.24, 2.45) is 0 Å². The highest BCUT2D eigenvalue weighted by molar-refractivity contribution is 7.22. The van der Waals surface area contributed by atoms with Gasteiger partial charge in [0.05, 0.1) is 30.0 Å². The first-order chi connectivity index (χ1) is 16.6. The number of benzene rings is 2. The maximum Gasteiger partial charge on any atom is 0.277 e. The average molecular weight is 498 g/mol. The summed E-state index contributed by atoms with van der Waals surface area (Å²) in [6, 6.07) is 15.0. The lowest BCUT2D eigenvalue weighted by molar-refractivity contribution is 0.0322. The zero-order valence-corrected chi connectivity index (χ0v) is 20.0. The molecule has 1 amide bonds. The molecule has 10 heteroatoms. The van der Waals surface area contributed by atoms with Gasteiger partial charge in [-0.1, -0.05) is 35.1 Å². The number of carbonyl (C=O) groups excluding carboxylic acids is 1. The predicted molar refractivity (Wildman–Crippen MR) is 133 cm³/mol. The highest BCUT2D eigenvalue weighted by Gasteiger charge is 2.14. The maximum atomic E-state index is 12.7. The summed E-state index contributed by atoms with van der Waals surface area (Å²) < 4.78 is 14.0. The predicted octanol–water partition coefficient (Wildman–Crippen LogP) is 4.16. The molecule has 34 heavy (non-hydrogen) atoms. The number of morpholine rings is 1. The van der Waals surface area contributed by atoms with E-state index in [2.05, 4.69) is 20.3 Å². The van der Waals surface area contributed by atoms with Crippen molar-refractivity contribution in [2.75, 3.05) is 44.8 Å². The Morgan fingerprint density at radius 2 is 2.06 bits per heavy atom. The van der Waals surface area contributed by atoms with E-state index < -0.39 is 0 Å². The third-order valence-electron chi connectivity index (χ3n) is 5.47. The van der Waals surface area contributed by atoms with E-state index in [1.54, 1.807) is 16.9 Å². The number of fused-ring (bicyclic) bond motifs is 1. The number of anilines is 1. The molecule has 1 aliphatic heterocycles. The van der Waals surface area contributed by atoms with Gasteiger partial charge in [-0.15, -0.1) is 0 Å². The first-order valence-electron chi connectivity index (χ1n) is 11.1. The topological polar surface area (TPSA) is 81.5 Å². The van der Waals surface area contributed by atoms with Crippen LogP contribution in [-0.4, -0.2) is 65.0 Å². The van der Waals surface area contributed by atoms with Crippen molar-refractivity contribution in [1.29, 1.82) is 0 Å². The van der Waals surface area contributed by atoms with Crippen LogP contribution in [0.4, 0.5) is 5.13 Å². The third-order valence-corrected chi connectivity index (χ3v) is 6.64. The standard InChI is InChI=1S/C24H24ClN5O3S/c25-18-3-1-2-17(14-18)16-30-7-6-21(28-30)23(31)27-24-26-20-5-4-19(15-22(20)34-24)33-13-10-29-8-11-32-12-9-29/h1-7,14-15H,8-13,16H2,(H,26,27,31). The molecule has 2 aromatic carbocycles. The second-order valence-electron chi connectivity index (χ2n) is 7.93. The number of hydrogen-bond acceptors (Lipinski definition) is 7. The van der Waals surface area contributed by atoms with E-state index >= 15 is 0 Å². The second kappa shape index (κ2) is 10.5. The number of ether oxygens (including phenoxy) is 2. The molecule has 1 aliphatic rings. The van der Waals surface area contributed by atoms with Crippen LogP contribution >= 0.6 is 22.9 Å². The summed E-state index contributed by atoms with van der Waals surface area (Å²) in [5.41, 5.74) is 2.15. The molecule has 2 aromatic heterocycles. The number of hydrogen-bond donors (Lipinski definition) is 1. The number of aromatic nitrogens is 3. The lowest BCUT2D eigenvalue weighted by Crippen LogP contribution is -2.38. The number of carbonyl (C=O) groups is 1. The van der Waals surface area contributed by atoms with E-state index in [0.29, 0.717) is 29.0 Å². The molecular formula is C24H24ClN5O3S. The smallest absolute Gasteiger partial charge is 0.277 e. The van der Waals surface area contributed by atoms with Gasteiger partial charge in [0.2, 0.25) is 0 Å². The van der Waals surface area contributed by atoms with Crippen molar-refractivity contribution in [2.45, 2.75) is 6.54 Å². The van der Waals surface area contributed by atoms with Crippen molar-refractivity contribution >= 4 is 44.2 Å². The summed E-state index contributed by atoms with van der Waals surface area (Å²) in [5, 5.41) is 8.42. The Labute approximate surface area is 206 Å². The summed E-state index contributed by atoms with van der Waals surface area (Å²) in [4.78, 5) is 19.5. The van der Waals surface area contributed by atoms with Gasteiger partial charge in [0.15, 0.2) is 10.8 Å². The van der Waals surface area contributed by atoms with E-state index in [-0.39, 0.29) is 5.91 Å². The minimum atomic E-state index is -0.300. The van der Waals surface area contributed by atoms with Crippen LogP contribution in [0.1, 0.15) is 16.1 Å². The molecule has 176 valence electrons. The van der Waals surface area contributed by atoms with Crippen LogP contribution in [0.5, 0.6) is 5.75 Å². The zero-order chi connectivity index (χ0) is 23.3. The zero-order valence-electron chi connectivity index (χ0n) is 18.4. The van der Waals surface area contributed by atoms with Gasteiger partial charge < -0.3 is 9.47 Å². The van der Waals surface area contributed by atoms with Crippen molar-refractivity contribution in [3.63, 3.8) is 0 Å². The van der Waals surface area contributed by atoms with Gasteiger partial charge in [-0.05, 0) is 42.0 Å². The molecular weight excluding hydrogens is 474 g/mol. The van der Waals surface area contributed by atoms with Crippen molar-refractivity contribution < 1.29 is 14.3 Å². The van der Waals surface area contributed by atoms with Gasteiger partial charge in [-0.25, -0.2) is 4.98 Å². The Hall–Kier alpha value is -2.98. The number of nitrogens with one attached hydrogen (secondary N) is 1. The Morgan fingerprint density at radius 3 is 2.91 bits per heavy atom. The van der Waals surface area contributed by atoms with Crippen molar-refractivity contribution in [3.05, 3.63) is 71.0 Å². The summed E-state index contributed by atoms with van der Waals surface area (Å²) in [6.07, 6.45) is 1.77. The summed E-state index contributed by atoms with van der Waals surface area (Å²) in [6.45, 7) is 5.47. The number of nitrogens with zero attached hydrogens (tertiary/aromatic N) is 4. The van der Waals surface area contributed by atoms with Crippen LogP contribution < -0.4 is 10.1 Å². The molecule has 0 saturated carbocycles. The van der Waals surface area contributed by atoms with Gasteiger partial charge in [0, 0.05) is 30.9 Å². The molecule has 1 saturated heterocycles. The Morgan fingerprint density at radius 1 is 1.18 bits per heavy atom. The molecule has 0 spiro atoms. The van der Waals surface area contributed by atoms with Crippen LogP contribution in [0.25, 0.3) is 10.2 Å². The Bertz CT molecular complexity index is 1280. The van der Waals surface area contributed by atoms with Crippen LogP contribution in [0.3, 0.4) is 0 Å². The van der Waals surface area contributed by atoms with Gasteiger partial charge in [-0.3, -0.25) is 19.7 Å². The molecule has 3 heterocycles. The normalized spacial score (nSPS) is 14.4. The van der Waals surface area contributed by atoms with Gasteiger partial charge in [0.1, 0.15) is 12.4 Å². The molecule has 4 aromatic rings. The van der Waals surface area contributed by atoms with Crippen LogP contribution in [0, 0.1) is 0 Å². The molecule has 0 bridgehead atoms. The molecule has 5 rings (SSSR count). The highest BCUT2D eigenvalue weighted by atomic mass is 35.5. The minimum absolute atomic E-state index is 0.300. The fraction of sp³-hybridized carbons (Fsp3) is 0.292. The quantitative estimate of drug-likeness (QED) is 0.393. The van der Waals surface area contributed by atoms with Gasteiger partial charge >= 0.3 is 0 Å². The number of halogens is 1. The summed E-state index contributed by atoms with van der Waals surface area (Å²) >= 11 is 7.45. The maximum absolute atomic E-state index is 12.7. The molecule has 8 nitrogen and oxygen atoms in total. The van der Waals surface area contributed by atoms with Crippen LogP contribution in [0.2, 0.25) is 5.02 Å².